The van der Waals surface area contributed by atoms with Crippen LogP contribution < -0.4 is 14.2 Å². The van der Waals surface area contributed by atoms with Gasteiger partial charge in [-0.2, -0.15) is 0 Å². The highest BCUT2D eigenvalue weighted by Crippen LogP contribution is 2.29. The monoisotopic (exact) mass is 513 g/mol. The second kappa shape index (κ2) is 12.4. The van der Waals surface area contributed by atoms with E-state index in [1.165, 1.54) is 6.07 Å². The lowest BCUT2D eigenvalue weighted by atomic mass is 10.1. The summed E-state index contributed by atoms with van der Waals surface area (Å²) in [5.74, 6) is 2.59. The minimum atomic E-state index is -1.20. The third-order valence-electron chi connectivity index (χ3n) is 6.44. The van der Waals surface area contributed by atoms with E-state index in [4.69, 9.17) is 18.9 Å². The fraction of sp³-hybridized carbons (Fsp3) is 0.464. The molecule has 200 valence electrons. The summed E-state index contributed by atoms with van der Waals surface area (Å²) >= 11 is 0. The van der Waals surface area contributed by atoms with Crippen LogP contribution in [0, 0.1) is 19.7 Å². The smallest absolute Gasteiger partial charge is 0.161 e. The Morgan fingerprint density at radius 2 is 2.00 bits per heavy atom. The highest BCUT2D eigenvalue weighted by atomic mass is 19.1. The molecule has 4 rings (SSSR count). The number of halogens is 1. The molecule has 0 amide bonds. The van der Waals surface area contributed by atoms with Crippen molar-refractivity contribution in [3.63, 3.8) is 0 Å². The average Bonchev–Trinajstić information content (AvgIpc) is 3.20. The van der Waals surface area contributed by atoms with E-state index in [0.29, 0.717) is 55.7 Å². The molecule has 1 atom stereocenters. The van der Waals surface area contributed by atoms with Crippen molar-refractivity contribution in [2.24, 2.45) is 0 Å². The number of methoxy groups -OCH3 is 1. The number of β-amino-alcohol motifs (C(OH)–C–C–N with tert-alkyl or cyclic N) is 1. The predicted molar refractivity (Wildman–Crippen MR) is 138 cm³/mol. The van der Waals surface area contributed by atoms with Crippen molar-refractivity contribution < 1.29 is 28.4 Å². The van der Waals surface area contributed by atoms with E-state index < -0.39 is 5.60 Å². The van der Waals surface area contributed by atoms with Crippen LogP contribution in [0.2, 0.25) is 0 Å². The first kappa shape index (κ1) is 26.9. The Morgan fingerprint density at radius 3 is 2.76 bits per heavy atom. The first-order valence-electron chi connectivity index (χ1n) is 12.5. The van der Waals surface area contributed by atoms with Crippen LogP contribution >= 0.6 is 0 Å². The minimum absolute atomic E-state index is 0.0436. The summed E-state index contributed by atoms with van der Waals surface area (Å²) in [6, 6.07) is 10.5. The largest absolute Gasteiger partial charge is 0.493 e. The molecular weight excluding hydrogens is 477 g/mol. The van der Waals surface area contributed by atoms with E-state index in [2.05, 4.69) is 14.5 Å². The number of rotatable bonds is 11. The van der Waals surface area contributed by atoms with Crippen LogP contribution in [0.15, 0.2) is 48.8 Å². The summed E-state index contributed by atoms with van der Waals surface area (Å²) in [4.78, 5) is 6.39. The maximum atomic E-state index is 13.6. The predicted octanol–water partition coefficient (Wildman–Crippen LogP) is 3.76. The first-order valence-corrected chi connectivity index (χ1v) is 12.5. The number of ether oxygens (including phenoxy) is 4. The molecule has 1 fully saturated rings. The molecule has 37 heavy (non-hydrogen) atoms. The SMILES string of the molecule is COc1ccc(CN2CCOCC(O)(COc3ccc(F)c(C)c3)C2)cc1OCCCn1ccnc1C. The van der Waals surface area contributed by atoms with Crippen molar-refractivity contribution in [2.75, 3.05) is 46.6 Å². The third-order valence-corrected chi connectivity index (χ3v) is 6.44. The Hall–Kier alpha value is -3.14. The third kappa shape index (κ3) is 7.44. The molecule has 1 aromatic heterocycles. The van der Waals surface area contributed by atoms with Gasteiger partial charge in [-0.25, -0.2) is 9.37 Å². The fourth-order valence-electron chi connectivity index (χ4n) is 4.39. The number of aliphatic hydroxyl groups is 1. The standard InChI is InChI=1S/C28H36FN3O5/c1-21-15-24(6-7-25(21)29)37-20-28(33)18-31(12-14-35-19-28)17-23-5-8-26(34-3)27(16-23)36-13-4-10-32-11-9-30-22(32)2/h5-9,11,15-16,33H,4,10,12-14,17-20H2,1-3H3. The molecule has 3 aromatic rings. The van der Waals surface area contributed by atoms with Crippen LogP contribution in [0.4, 0.5) is 4.39 Å². The fourth-order valence-corrected chi connectivity index (χ4v) is 4.39. The molecule has 0 saturated carbocycles. The van der Waals surface area contributed by atoms with Gasteiger partial charge in [0, 0.05) is 38.6 Å². The molecule has 0 radical (unpaired) electrons. The van der Waals surface area contributed by atoms with Crippen molar-refractivity contribution in [2.45, 2.75) is 39.0 Å². The zero-order valence-electron chi connectivity index (χ0n) is 21.8. The molecule has 0 aliphatic carbocycles. The van der Waals surface area contributed by atoms with Crippen LogP contribution in [-0.2, 0) is 17.8 Å². The Bertz CT molecular complexity index is 1170. The second-order valence-corrected chi connectivity index (χ2v) is 9.54. The summed E-state index contributed by atoms with van der Waals surface area (Å²) < 4.78 is 38.7. The number of aryl methyl sites for hydroxylation is 3. The Labute approximate surface area is 217 Å². The van der Waals surface area contributed by atoms with E-state index in [0.717, 1.165) is 24.4 Å². The minimum Gasteiger partial charge on any atom is -0.493 e. The van der Waals surface area contributed by atoms with Crippen molar-refractivity contribution in [1.82, 2.24) is 14.5 Å². The molecule has 0 bridgehead atoms. The number of imidazole rings is 1. The van der Waals surface area contributed by atoms with Gasteiger partial charge in [0.2, 0.25) is 0 Å². The number of hydrogen-bond acceptors (Lipinski definition) is 7. The molecule has 1 saturated heterocycles. The van der Waals surface area contributed by atoms with Gasteiger partial charge in [-0.3, -0.25) is 4.90 Å². The summed E-state index contributed by atoms with van der Waals surface area (Å²) in [6.45, 7) is 7.41. The quantitative estimate of drug-likeness (QED) is 0.391. The van der Waals surface area contributed by atoms with Gasteiger partial charge in [-0.1, -0.05) is 6.07 Å². The Balaban J connectivity index is 1.35. The second-order valence-electron chi connectivity index (χ2n) is 9.54. The van der Waals surface area contributed by atoms with E-state index in [1.54, 1.807) is 32.4 Å². The molecule has 2 aromatic carbocycles. The normalized spacial score (nSPS) is 18.4. The zero-order valence-corrected chi connectivity index (χ0v) is 21.8. The molecule has 0 spiro atoms. The summed E-state index contributed by atoms with van der Waals surface area (Å²) in [5.41, 5.74) is 0.342. The highest BCUT2D eigenvalue weighted by molar-refractivity contribution is 5.43. The first-order chi connectivity index (χ1) is 17.8. The highest BCUT2D eigenvalue weighted by Gasteiger charge is 2.33. The topological polar surface area (TPSA) is 78.2 Å². The van der Waals surface area contributed by atoms with Gasteiger partial charge in [0.05, 0.1) is 26.9 Å². The summed E-state index contributed by atoms with van der Waals surface area (Å²) in [6.07, 6.45) is 4.61. The number of aromatic nitrogens is 2. The van der Waals surface area contributed by atoms with E-state index in [1.807, 2.05) is 31.3 Å². The van der Waals surface area contributed by atoms with Crippen molar-refractivity contribution in [1.29, 1.82) is 0 Å². The van der Waals surface area contributed by atoms with E-state index >= 15 is 0 Å². The lowest BCUT2D eigenvalue weighted by molar-refractivity contribution is -0.0646. The summed E-state index contributed by atoms with van der Waals surface area (Å²) in [5, 5.41) is 11.2. The van der Waals surface area contributed by atoms with Gasteiger partial charge in [0.25, 0.3) is 0 Å². The van der Waals surface area contributed by atoms with Crippen molar-refractivity contribution >= 4 is 0 Å². The lowest BCUT2D eigenvalue weighted by Crippen LogP contribution is -2.48. The molecule has 1 unspecified atom stereocenters. The Kier molecular flexibility index (Phi) is 9.02. The molecule has 1 aliphatic rings. The average molecular weight is 514 g/mol. The van der Waals surface area contributed by atoms with Crippen molar-refractivity contribution in [3.8, 4) is 17.2 Å². The van der Waals surface area contributed by atoms with Crippen LogP contribution in [-0.4, -0.2) is 71.8 Å². The van der Waals surface area contributed by atoms with E-state index in [-0.39, 0.29) is 19.0 Å². The number of hydrogen-bond donors (Lipinski definition) is 1. The molecule has 1 aliphatic heterocycles. The van der Waals surface area contributed by atoms with Crippen LogP contribution in [0.1, 0.15) is 23.4 Å². The van der Waals surface area contributed by atoms with Gasteiger partial charge in [-0.05, 0) is 61.7 Å². The van der Waals surface area contributed by atoms with Crippen LogP contribution in [0.5, 0.6) is 17.2 Å². The van der Waals surface area contributed by atoms with E-state index in [9.17, 15) is 9.50 Å². The summed E-state index contributed by atoms with van der Waals surface area (Å²) in [7, 11) is 1.63. The van der Waals surface area contributed by atoms with Gasteiger partial charge < -0.3 is 28.6 Å². The van der Waals surface area contributed by atoms with Crippen LogP contribution in [0.3, 0.4) is 0 Å². The zero-order chi connectivity index (χ0) is 26.3. The van der Waals surface area contributed by atoms with Crippen LogP contribution in [0.25, 0.3) is 0 Å². The van der Waals surface area contributed by atoms with Crippen molar-refractivity contribution in [3.05, 3.63) is 71.6 Å². The maximum Gasteiger partial charge on any atom is 0.161 e. The molecule has 2 heterocycles. The Morgan fingerprint density at radius 1 is 1.14 bits per heavy atom. The van der Waals surface area contributed by atoms with Gasteiger partial charge in [0.15, 0.2) is 11.5 Å². The molecule has 8 nitrogen and oxygen atoms in total. The molecule has 9 heteroatoms. The number of nitrogens with zero attached hydrogens (tertiary/aromatic N) is 3. The van der Waals surface area contributed by atoms with Gasteiger partial charge in [0.1, 0.15) is 29.6 Å². The maximum absolute atomic E-state index is 13.6. The lowest BCUT2D eigenvalue weighted by Gasteiger charge is -2.30. The number of benzene rings is 2. The molecular formula is C28H36FN3O5. The molecule has 1 N–H and O–H groups in total. The van der Waals surface area contributed by atoms with Gasteiger partial charge >= 0.3 is 0 Å². The van der Waals surface area contributed by atoms with Gasteiger partial charge in [-0.15, -0.1) is 0 Å².